The van der Waals surface area contributed by atoms with Crippen molar-refractivity contribution in [2.75, 3.05) is 32.8 Å². The molecule has 7 nitrogen and oxygen atoms in total. The molecule has 0 radical (unpaired) electrons. The quantitative estimate of drug-likeness (QED) is 0.885. The number of amides is 3. The van der Waals surface area contributed by atoms with Crippen LogP contribution in [0.25, 0.3) is 0 Å². The second-order valence-electron chi connectivity index (χ2n) is 5.72. The lowest BCUT2D eigenvalue weighted by Gasteiger charge is -2.35. The molecule has 1 N–H and O–H groups in total. The Hall–Kier alpha value is -2.64. The van der Waals surface area contributed by atoms with Crippen molar-refractivity contribution in [3.8, 4) is 0 Å². The lowest BCUT2D eigenvalue weighted by molar-refractivity contribution is -0.134. The number of carbonyl (C=O) groups excluding carboxylic acids is 3. The standard InChI is InChI=1S/C17H22FN3O4/c1-3-25-17(24)21-9-7-20(8-10-21)16(23)12(2)19-15(22)13-5-4-6-14(18)11-13/h4-6,11-12H,3,7-10H2,1-2H3,(H,19,22)/t12-/m1/s1. The van der Waals surface area contributed by atoms with Gasteiger partial charge in [-0.1, -0.05) is 6.07 Å². The minimum atomic E-state index is -0.745. The third kappa shape index (κ3) is 4.91. The molecule has 8 heteroatoms. The summed E-state index contributed by atoms with van der Waals surface area (Å²) in [6.07, 6.45) is -0.387. The summed E-state index contributed by atoms with van der Waals surface area (Å²) in [5, 5.41) is 2.57. The molecule has 1 atom stereocenters. The lowest BCUT2D eigenvalue weighted by Crippen LogP contribution is -2.55. The molecule has 0 unspecified atom stereocenters. The largest absolute Gasteiger partial charge is 0.450 e. The summed E-state index contributed by atoms with van der Waals surface area (Å²) in [5.74, 6) is -1.26. The maximum Gasteiger partial charge on any atom is 0.409 e. The third-order valence-electron chi connectivity index (χ3n) is 3.92. The third-order valence-corrected chi connectivity index (χ3v) is 3.92. The average molecular weight is 351 g/mol. The highest BCUT2D eigenvalue weighted by molar-refractivity contribution is 5.97. The summed E-state index contributed by atoms with van der Waals surface area (Å²) < 4.78 is 18.1. The van der Waals surface area contributed by atoms with Crippen molar-refractivity contribution in [3.05, 3.63) is 35.6 Å². The zero-order valence-corrected chi connectivity index (χ0v) is 14.3. The zero-order valence-electron chi connectivity index (χ0n) is 14.3. The van der Waals surface area contributed by atoms with Crippen LogP contribution in [0, 0.1) is 5.82 Å². The van der Waals surface area contributed by atoms with E-state index < -0.39 is 17.8 Å². The van der Waals surface area contributed by atoms with E-state index in [0.717, 1.165) is 6.07 Å². The van der Waals surface area contributed by atoms with Crippen molar-refractivity contribution in [2.24, 2.45) is 0 Å². The number of hydrogen-bond donors (Lipinski definition) is 1. The highest BCUT2D eigenvalue weighted by Gasteiger charge is 2.28. The maximum absolute atomic E-state index is 13.2. The van der Waals surface area contributed by atoms with E-state index in [1.807, 2.05) is 0 Å². The number of benzene rings is 1. The topological polar surface area (TPSA) is 79.0 Å². The van der Waals surface area contributed by atoms with E-state index in [1.54, 1.807) is 23.6 Å². The average Bonchev–Trinajstić information content (AvgIpc) is 2.61. The molecule has 0 aliphatic carbocycles. The number of ether oxygens (including phenoxy) is 1. The molecular weight excluding hydrogens is 329 g/mol. The van der Waals surface area contributed by atoms with Crippen molar-refractivity contribution in [1.29, 1.82) is 0 Å². The van der Waals surface area contributed by atoms with Crippen molar-refractivity contribution in [2.45, 2.75) is 19.9 Å². The van der Waals surface area contributed by atoms with Gasteiger partial charge in [-0.2, -0.15) is 0 Å². The fourth-order valence-electron chi connectivity index (χ4n) is 2.57. The smallest absolute Gasteiger partial charge is 0.409 e. The highest BCUT2D eigenvalue weighted by atomic mass is 19.1. The molecule has 0 aromatic heterocycles. The van der Waals surface area contributed by atoms with Crippen LogP contribution in [0.4, 0.5) is 9.18 Å². The number of piperazine rings is 1. The van der Waals surface area contributed by atoms with Gasteiger partial charge >= 0.3 is 6.09 Å². The minimum Gasteiger partial charge on any atom is -0.450 e. The van der Waals surface area contributed by atoms with Gasteiger partial charge in [-0.3, -0.25) is 9.59 Å². The Balaban J connectivity index is 1.86. The maximum atomic E-state index is 13.2. The molecule has 1 aliphatic rings. The van der Waals surface area contributed by atoms with E-state index in [0.29, 0.717) is 32.8 Å². The van der Waals surface area contributed by atoms with E-state index in [2.05, 4.69) is 5.32 Å². The van der Waals surface area contributed by atoms with Gasteiger partial charge in [0.1, 0.15) is 11.9 Å². The number of halogens is 1. The molecule has 1 aromatic rings. The van der Waals surface area contributed by atoms with Gasteiger partial charge in [-0.05, 0) is 32.0 Å². The molecule has 0 spiro atoms. The van der Waals surface area contributed by atoms with Crippen LogP contribution in [-0.2, 0) is 9.53 Å². The lowest BCUT2D eigenvalue weighted by atomic mass is 10.2. The fourth-order valence-corrected chi connectivity index (χ4v) is 2.57. The van der Waals surface area contributed by atoms with Crippen molar-refractivity contribution >= 4 is 17.9 Å². The zero-order chi connectivity index (χ0) is 18.4. The molecule has 0 bridgehead atoms. The molecule has 1 fully saturated rings. The molecule has 1 heterocycles. The molecule has 2 rings (SSSR count). The molecule has 3 amide bonds. The van der Waals surface area contributed by atoms with Gasteiger partial charge < -0.3 is 19.9 Å². The Morgan fingerprint density at radius 2 is 1.84 bits per heavy atom. The Morgan fingerprint density at radius 1 is 1.20 bits per heavy atom. The van der Waals surface area contributed by atoms with Gasteiger partial charge in [0, 0.05) is 31.7 Å². The molecular formula is C17H22FN3O4. The summed E-state index contributed by atoms with van der Waals surface area (Å²) in [5.41, 5.74) is 0.159. The SMILES string of the molecule is CCOC(=O)N1CCN(C(=O)[C@@H](C)NC(=O)c2cccc(F)c2)CC1. The summed E-state index contributed by atoms with van der Waals surface area (Å²) in [6, 6.07) is 4.53. The first-order valence-electron chi connectivity index (χ1n) is 8.19. The van der Waals surface area contributed by atoms with Crippen LogP contribution in [0.3, 0.4) is 0 Å². The van der Waals surface area contributed by atoms with Gasteiger partial charge in [0.25, 0.3) is 5.91 Å². The van der Waals surface area contributed by atoms with Crippen molar-refractivity contribution in [1.82, 2.24) is 15.1 Å². The number of hydrogen-bond acceptors (Lipinski definition) is 4. The van der Waals surface area contributed by atoms with Crippen LogP contribution >= 0.6 is 0 Å². The summed E-state index contributed by atoms with van der Waals surface area (Å²) >= 11 is 0. The van der Waals surface area contributed by atoms with E-state index >= 15 is 0 Å². The highest BCUT2D eigenvalue weighted by Crippen LogP contribution is 2.07. The van der Waals surface area contributed by atoms with Crippen LogP contribution in [0.2, 0.25) is 0 Å². The molecule has 1 aliphatic heterocycles. The number of nitrogens with zero attached hydrogens (tertiary/aromatic N) is 2. The van der Waals surface area contributed by atoms with Gasteiger partial charge in [0.15, 0.2) is 0 Å². The van der Waals surface area contributed by atoms with E-state index in [1.165, 1.54) is 18.2 Å². The molecule has 1 saturated heterocycles. The number of carbonyl (C=O) groups is 3. The Labute approximate surface area is 145 Å². The Kier molecular flexibility index (Phi) is 6.32. The van der Waals surface area contributed by atoms with Crippen molar-refractivity contribution < 1.29 is 23.5 Å². The molecule has 0 saturated carbocycles. The number of nitrogens with one attached hydrogen (secondary N) is 1. The molecule has 25 heavy (non-hydrogen) atoms. The Morgan fingerprint density at radius 3 is 2.44 bits per heavy atom. The fraction of sp³-hybridized carbons (Fsp3) is 0.471. The predicted octanol–water partition coefficient (Wildman–Crippen LogP) is 1.24. The number of rotatable bonds is 4. The first-order chi connectivity index (χ1) is 11.9. The van der Waals surface area contributed by atoms with Crippen LogP contribution < -0.4 is 5.32 Å². The monoisotopic (exact) mass is 351 g/mol. The van der Waals surface area contributed by atoms with Crippen LogP contribution in [0.15, 0.2) is 24.3 Å². The van der Waals surface area contributed by atoms with Gasteiger partial charge in [0.05, 0.1) is 6.61 Å². The first kappa shape index (κ1) is 18.7. The van der Waals surface area contributed by atoms with Gasteiger partial charge in [0.2, 0.25) is 5.91 Å². The van der Waals surface area contributed by atoms with E-state index in [4.69, 9.17) is 4.74 Å². The normalized spacial score (nSPS) is 15.5. The van der Waals surface area contributed by atoms with Gasteiger partial charge in [-0.25, -0.2) is 9.18 Å². The Bertz CT molecular complexity index is 645. The van der Waals surface area contributed by atoms with E-state index in [-0.39, 0.29) is 17.6 Å². The summed E-state index contributed by atoms with van der Waals surface area (Å²) in [4.78, 5) is 39.3. The predicted molar refractivity (Wildman–Crippen MR) is 88.5 cm³/mol. The molecule has 136 valence electrons. The second-order valence-corrected chi connectivity index (χ2v) is 5.72. The van der Waals surface area contributed by atoms with Crippen LogP contribution in [0.1, 0.15) is 24.2 Å². The molecule has 1 aromatic carbocycles. The van der Waals surface area contributed by atoms with Gasteiger partial charge in [-0.15, -0.1) is 0 Å². The van der Waals surface area contributed by atoms with Crippen LogP contribution in [-0.4, -0.2) is 66.5 Å². The minimum absolute atomic E-state index is 0.159. The van der Waals surface area contributed by atoms with Crippen LogP contribution in [0.5, 0.6) is 0 Å². The summed E-state index contributed by atoms with van der Waals surface area (Å²) in [6.45, 7) is 5.14. The van der Waals surface area contributed by atoms with Crippen molar-refractivity contribution in [3.63, 3.8) is 0 Å². The van der Waals surface area contributed by atoms with E-state index in [9.17, 15) is 18.8 Å². The summed E-state index contributed by atoms with van der Waals surface area (Å²) in [7, 11) is 0. The first-order valence-corrected chi connectivity index (χ1v) is 8.19. The second kappa shape index (κ2) is 8.46.